The first-order valence-electron chi connectivity index (χ1n) is 8.72. The van der Waals surface area contributed by atoms with E-state index in [4.69, 9.17) is 9.57 Å². The number of nitrogens with one attached hydrogen (secondary N) is 1. The Morgan fingerprint density at radius 2 is 1.92 bits per heavy atom. The van der Waals surface area contributed by atoms with Crippen LogP contribution >= 0.6 is 0 Å². The van der Waals surface area contributed by atoms with Crippen molar-refractivity contribution in [2.45, 2.75) is 45.3 Å². The van der Waals surface area contributed by atoms with Crippen molar-refractivity contribution in [2.24, 2.45) is 11.8 Å². The molecular formula is C19H26N2O4. The van der Waals surface area contributed by atoms with Gasteiger partial charge in [0.15, 0.2) is 0 Å². The van der Waals surface area contributed by atoms with Gasteiger partial charge in [0.05, 0.1) is 17.6 Å². The van der Waals surface area contributed by atoms with Crippen LogP contribution in [0.1, 0.15) is 44.5 Å². The van der Waals surface area contributed by atoms with Crippen LogP contribution in [-0.2, 0) is 9.57 Å². The second kappa shape index (κ2) is 6.33. The van der Waals surface area contributed by atoms with E-state index in [0.717, 1.165) is 6.42 Å². The van der Waals surface area contributed by atoms with Gasteiger partial charge in [-0.05, 0) is 45.2 Å². The number of carbonyl (C=O) groups is 2. The molecule has 3 rings (SSSR count). The first-order valence-corrected chi connectivity index (χ1v) is 8.72. The van der Waals surface area contributed by atoms with Gasteiger partial charge >= 0.3 is 12.1 Å². The van der Waals surface area contributed by atoms with E-state index in [1.165, 1.54) is 0 Å². The fraction of sp³-hybridized carbons (Fsp3) is 0.579. The van der Waals surface area contributed by atoms with Gasteiger partial charge in [-0.15, -0.1) is 5.06 Å². The van der Waals surface area contributed by atoms with E-state index in [-0.39, 0.29) is 17.4 Å². The molecule has 3 atom stereocenters. The van der Waals surface area contributed by atoms with Gasteiger partial charge in [0.2, 0.25) is 0 Å². The number of amides is 1. The first-order chi connectivity index (χ1) is 11.7. The third-order valence-electron chi connectivity index (χ3n) is 4.91. The number of ether oxygens (including phenoxy) is 1. The molecule has 136 valence electrons. The Labute approximate surface area is 148 Å². The summed E-state index contributed by atoms with van der Waals surface area (Å²) in [6.07, 6.45) is 0.441. The highest BCUT2D eigenvalue weighted by atomic mass is 16.7. The van der Waals surface area contributed by atoms with Crippen LogP contribution in [0.15, 0.2) is 30.3 Å². The Hall–Kier alpha value is -2.08. The standard InChI is InChI=1S/C19H26N2O4/c1-13-10-19(20-17(23)24-18(2,3)4)12-21(11-15(13)19)25-16(22)14-8-6-5-7-9-14/h5-9,13,15H,10-12H2,1-4H3,(H,20,23)/t13-,15+,19-/m0/s1. The second-order valence-corrected chi connectivity index (χ2v) is 8.14. The molecule has 1 heterocycles. The zero-order valence-electron chi connectivity index (χ0n) is 15.2. The van der Waals surface area contributed by atoms with Crippen molar-refractivity contribution in [3.8, 4) is 0 Å². The number of fused-ring (bicyclic) bond motifs is 1. The Balaban J connectivity index is 1.63. The minimum Gasteiger partial charge on any atom is -0.444 e. The summed E-state index contributed by atoms with van der Waals surface area (Å²) in [4.78, 5) is 30.0. The number of rotatable bonds is 3. The number of benzene rings is 1. The molecule has 1 aromatic carbocycles. The zero-order valence-corrected chi connectivity index (χ0v) is 15.2. The Bertz CT molecular complexity index is 655. The number of hydroxylamine groups is 2. The van der Waals surface area contributed by atoms with Gasteiger partial charge in [-0.25, -0.2) is 9.59 Å². The van der Waals surface area contributed by atoms with Crippen LogP contribution < -0.4 is 5.32 Å². The van der Waals surface area contributed by atoms with E-state index in [2.05, 4.69) is 12.2 Å². The smallest absolute Gasteiger partial charge is 0.408 e. The zero-order chi connectivity index (χ0) is 18.2. The molecule has 6 heteroatoms. The van der Waals surface area contributed by atoms with Crippen LogP contribution in [0.25, 0.3) is 0 Å². The lowest BCUT2D eigenvalue weighted by molar-refractivity contribution is -0.0967. The molecule has 0 unspecified atom stereocenters. The van der Waals surface area contributed by atoms with Crippen molar-refractivity contribution in [2.75, 3.05) is 13.1 Å². The monoisotopic (exact) mass is 346 g/mol. The van der Waals surface area contributed by atoms with Crippen LogP contribution in [0.2, 0.25) is 0 Å². The van der Waals surface area contributed by atoms with Crippen molar-refractivity contribution in [3.05, 3.63) is 35.9 Å². The van der Waals surface area contributed by atoms with Crippen LogP contribution in [0.5, 0.6) is 0 Å². The molecule has 1 aliphatic heterocycles. The van der Waals surface area contributed by atoms with E-state index in [1.54, 1.807) is 29.3 Å². The average molecular weight is 346 g/mol. The molecule has 1 amide bonds. The lowest BCUT2D eigenvalue weighted by atomic mass is 9.62. The Morgan fingerprint density at radius 1 is 1.24 bits per heavy atom. The normalized spacial score (nSPS) is 28.6. The number of alkyl carbamates (subject to hydrolysis) is 1. The van der Waals surface area contributed by atoms with E-state index < -0.39 is 11.7 Å². The molecule has 2 fully saturated rings. The highest BCUT2D eigenvalue weighted by Gasteiger charge is 2.59. The fourth-order valence-electron chi connectivity index (χ4n) is 3.89. The fourth-order valence-corrected chi connectivity index (χ4v) is 3.89. The molecule has 1 saturated heterocycles. The number of nitrogens with zero attached hydrogens (tertiary/aromatic N) is 1. The SMILES string of the molecule is C[C@H]1C[C@]2(NC(=O)OC(C)(C)C)CN(OC(=O)c3ccccc3)C[C@H]12. The van der Waals surface area contributed by atoms with Crippen molar-refractivity contribution < 1.29 is 19.2 Å². The van der Waals surface area contributed by atoms with Crippen LogP contribution in [0, 0.1) is 11.8 Å². The maximum absolute atomic E-state index is 12.3. The predicted molar refractivity (Wildman–Crippen MR) is 92.8 cm³/mol. The molecule has 0 radical (unpaired) electrons. The second-order valence-electron chi connectivity index (χ2n) is 8.14. The first kappa shape index (κ1) is 17.7. The molecule has 1 aromatic rings. The summed E-state index contributed by atoms with van der Waals surface area (Å²) in [7, 11) is 0. The summed E-state index contributed by atoms with van der Waals surface area (Å²) in [6, 6.07) is 8.92. The largest absolute Gasteiger partial charge is 0.444 e. The minimum atomic E-state index is -0.538. The van der Waals surface area contributed by atoms with Gasteiger partial charge in [0.1, 0.15) is 5.60 Å². The Kier molecular flexibility index (Phi) is 4.49. The van der Waals surface area contributed by atoms with Crippen LogP contribution in [-0.4, -0.2) is 41.4 Å². The van der Waals surface area contributed by atoms with E-state index in [9.17, 15) is 9.59 Å². The summed E-state index contributed by atoms with van der Waals surface area (Å²) < 4.78 is 5.39. The predicted octanol–water partition coefficient (Wildman–Crippen LogP) is 2.99. The Morgan fingerprint density at radius 3 is 2.52 bits per heavy atom. The topological polar surface area (TPSA) is 67.9 Å². The van der Waals surface area contributed by atoms with E-state index in [0.29, 0.717) is 24.6 Å². The van der Waals surface area contributed by atoms with E-state index >= 15 is 0 Å². The molecule has 1 N–H and O–H groups in total. The van der Waals surface area contributed by atoms with Gasteiger partial charge in [-0.3, -0.25) is 0 Å². The highest BCUT2D eigenvalue weighted by Crippen LogP contribution is 2.49. The van der Waals surface area contributed by atoms with Gasteiger partial charge in [-0.1, -0.05) is 25.1 Å². The minimum absolute atomic E-state index is 0.253. The van der Waals surface area contributed by atoms with Gasteiger partial charge in [-0.2, -0.15) is 0 Å². The summed E-state index contributed by atoms with van der Waals surface area (Å²) in [5.41, 5.74) is -0.397. The lowest BCUT2D eigenvalue weighted by Crippen LogP contribution is -2.64. The summed E-state index contributed by atoms with van der Waals surface area (Å²) in [5.74, 6) is 0.348. The maximum atomic E-state index is 12.3. The molecule has 6 nitrogen and oxygen atoms in total. The van der Waals surface area contributed by atoms with Crippen molar-refractivity contribution in [3.63, 3.8) is 0 Å². The molecule has 25 heavy (non-hydrogen) atoms. The van der Waals surface area contributed by atoms with Gasteiger partial charge < -0.3 is 14.9 Å². The number of hydrogen-bond acceptors (Lipinski definition) is 5. The van der Waals surface area contributed by atoms with Gasteiger partial charge in [0, 0.05) is 12.5 Å². The summed E-state index contributed by atoms with van der Waals surface area (Å²) in [6.45, 7) is 8.78. The quantitative estimate of drug-likeness (QED) is 0.911. The molecule has 0 aromatic heterocycles. The van der Waals surface area contributed by atoms with Crippen molar-refractivity contribution in [1.82, 2.24) is 10.4 Å². The molecule has 1 aliphatic carbocycles. The number of hydrogen-bond donors (Lipinski definition) is 1. The lowest BCUT2D eigenvalue weighted by Gasteiger charge is -2.49. The molecule has 2 aliphatic rings. The highest BCUT2D eigenvalue weighted by molar-refractivity contribution is 5.89. The van der Waals surface area contributed by atoms with Crippen molar-refractivity contribution >= 4 is 12.1 Å². The summed E-state index contributed by atoms with van der Waals surface area (Å²) >= 11 is 0. The molecule has 1 saturated carbocycles. The van der Waals surface area contributed by atoms with Crippen molar-refractivity contribution in [1.29, 1.82) is 0 Å². The average Bonchev–Trinajstić information content (AvgIpc) is 2.78. The van der Waals surface area contributed by atoms with Crippen LogP contribution in [0.3, 0.4) is 0 Å². The van der Waals surface area contributed by atoms with Crippen LogP contribution in [0.4, 0.5) is 4.79 Å². The third-order valence-corrected chi connectivity index (χ3v) is 4.91. The molecular weight excluding hydrogens is 320 g/mol. The molecule has 0 bridgehead atoms. The number of carbonyl (C=O) groups excluding carboxylic acids is 2. The summed E-state index contributed by atoms with van der Waals surface area (Å²) in [5, 5.41) is 4.70. The van der Waals surface area contributed by atoms with Gasteiger partial charge in [0.25, 0.3) is 0 Å². The van der Waals surface area contributed by atoms with E-state index in [1.807, 2.05) is 26.8 Å². The molecule has 0 spiro atoms. The third kappa shape index (κ3) is 3.79. The maximum Gasteiger partial charge on any atom is 0.408 e.